The monoisotopic (exact) mass is 395 g/mol. The number of benzene rings is 1. The van der Waals surface area contributed by atoms with Gasteiger partial charge in [-0.15, -0.1) is 0 Å². The van der Waals surface area contributed by atoms with Crippen LogP contribution in [0.5, 0.6) is 0 Å². The molecule has 3 heterocycles. The maximum absolute atomic E-state index is 12.3. The Morgan fingerprint density at radius 1 is 1.14 bits per heavy atom. The fourth-order valence-corrected chi connectivity index (χ4v) is 3.92. The van der Waals surface area contributed by atoms with E-state index < -0.39 is 0 Å². The number of aromatic nitrogens is 2. The van der Waals surface area contributed by atoms with Gasteiger partial charge in [-0.2, -0.15) is 0 Å². The van der Waals surface area contributed by atoms with Gasteiger partial charge in [0.25, 0.3) is 0 Å². The van der Waals surface area contributed by atoms with Gasteiger partial charge in [-0.05, 0) is 25.5 Å². The first-order valence-corrected chi connectivity index (χ1v) is 10.5. The zero-order valence-corrected chi connectivity index (χ0v) is 16.8. The van der Waals surface area contributed by atoms with Gasteiger partial charge in [-0.25, -0.2) is 9.97 Å². The number of rotatable bonds is 7. The van der Waals surface area contributed by atoms with Crippen LogP contribution in [-0.4, -0.2) is 72.8 Å². The normalized spacial score (nSPS) is 20.0. The summed E-state index contributed by atoms with van der Waals surface area (Å²) in [4.78, 5) is 26.0. The molecule has 29 heavy (non-hydrogen) atoms. The van der Waals surface area contributed by atoms with Gasteiger partial charge >= 0.3 is 0 Å². The molecule has 0 spiro atoms. The summed E-state index contributed by atoms with van der Waals surface area (Å²) in [6.45, 7) is 6.13. The van der Waals surface area contributed by atoms with Crippen LogP contribution in [0.2, 0.25) is 0 Å². The molecule has 0 bridgehead atoms. The van der Waals surface area contributed by atoms with Gasteiger partial charge < -0.3 is 15.0 Å². The first-order chi connectivity index (χ1) is 14.3. The Morgan fingerprint density at radius 3 is 2.79 bits per heavy atom. The summed E-state index contributed by atoms with van der Waals surface area (Å²) < 4.78 is 5.36. The summed E-state index contributed by atoms with van der Waals surface area (Å²) in [5, 5.41) is 3.18. The van der Waals surface area contributed by atoms with Crippen molar-refractivity contribution < 1.29 is 9.53 Å². The number of anilines is 1. The van der Waals surface area contributed by atoms with E-state index in [9.17, 15) is 4.79 Å². The van der Waals surface area contributed by atoms with E-state index in [1.807, 2.05) is 30.5 Å². The highest BCUT2D eigenvalue weighted by molar-refractivity contribution is 5.76. The van der Waals surface area contributed by atoms with Crippen molar-refractivity contribution in [1.82, 2.24) is 20.2 Å². The van der Waals surface area contributed by atoms with Crippen LogP contribution in [0.15, 0.2) is 42.6 Å². The van der Waals surface area contributed by atoms with Gasteiger partial charge in [-0.1, -0.05) is 30.3 Å². The van der Waals surface area contributed by atoms with Crippen LogP contribution in [0, 0.1) is 0 Å². The summed E-state index contributed by atoms with van der Waals surface area (Å²) in [6.07, 6.45) is 4.20. The molecule has 1 unspecified atom stereocenters. The van der Waals surface area contributed by atoms with Gasteiger partial charge in [0.05, 0.1) is 18.9 Å². The number of amides is 1. The van der Waals surface area contributed by atoms with Gasteiger partial charge in [0.1, 0.15) is 0 Å². The van der Waals surface area contributed by atoms with Crippen LogP contribution in [-0.2, 0) is 9.53 Å². The molecule has 0 saturated carbocycles. The molecule has 2 fully saturated rings. The lowest BCUT2D eigenvalue weighted by atomic mass is 10.1. The Morgan fingerprint density at radius 2 is 1.97 bits per heavy atom. The molecular formula is C22H29N5O2. The molecule has 0 aliphatic carbocycles. The Bertz CT molecular complexity index is 795. The van der Waals surface area contributed by atoms with Crippen LogP contribution in [0.25, 0.3) is 11.3 Å². The number of hydrogen-bond donors (Lipinski definition) is 1. The third kappa shape index (κ3) is 5.52. The Balaban J connectivity index is 1.24. The average Bonchev–Trinajstić information content (AvgIpc) is 3.24. The molecular weight excluding hydrogens is 366 g/mol. The number of carbonyl (C=O) groups is 1. The number of ether oxygens (including phenoxy) is 1. The van der Waals surface area contributed by atoms with Gasteiger partial charge in [0.15, 0.2) is 0 Å². The molecule has 2 saturated heterocycles. The summed E-state index contributed by atoms with van der Waals surface area (Å²) in [5.41, 5.74) is 2.01. The maximum Gasteiger partial charge on any atom is 0.225 e. The molecule has 4 rings (SSSR count). The Kier molecular flexibility index (Phi) is 6.69. The predicted molar refractivity (Wildman–Crippen MR) is 113 cm³/mol. The highest BCUT2D eigenvalue weighted by Crippen LogP contribution is 2.21. The molecule has 1 aromatic heterocycles. The van der Waals surface area contributed by atoms with Crippen molar-refractivity contribution in [2.45, 2.75) is 25.3 Å². The number of morpholine rings is 1. The number of carbonyl (C=O) groups excluding carboxylic acids is 1. The molecule has 1 aromatic carbocycles. The van der Waals surface area contributed by atoms with E-state index in [0.717, 1.165) is 76.0 Å². The molecule has 154 valence electrons. The van der Waals surface area contributed by atoms with Crippen molar-refractivity contribution in [2.75, 3.05) is 50.8 Å². The Hall–Kier alpha value is -2.51. The summed E-state index contributed by atoms with van der Waals surface area (Å²) in [6, 6.07) is 12.2. The van der Waals surface area contributed by atoms with Gasteiger partial charge in [-0.3, -0.25) is 9.69 Å². The number of hydrogen-bond acceptors (Lipinski definition) is 6. The molecule has 0 radical (unpaired) electrons. The minimum atomic E-state index is 0.143. The third-order valence-electron chi connectivity index (χ3n) is 5.53. The standard InChI is InChI=1S/C22H29N5O2/c28-21(7-4-11-26-13-15-29-16-14-26)24-19-9-12-27(17-19)22-23-10-8-20(25-22)18-5-2-1-3-6-18/h1-3,5-6,8,10,19H,4,7,9,11-17H2,(H,24,28). The quantitative estimate of drug-likeness (QED) is 0.773. The van der Waals surface area contributed by atoms with Gasteiger partial charge in [0.2, 0.25) is 11.9 Å². The largest absolute Gasteiger partial charge is 0.379 e. The zero-order valence-electron chi connectivity index (χ0n) is 16.8. The molecule has 2 aromatic rings. The smallest absolute Gasteiger partial charge is 0.225 e. The highest BCUT2D eigenvalue weighted by atomic mass is 16.5. The van der Waals surface area contributed by atoms with Crippen LogP contribution < -0.4 is 10.2 Å². The van der Waals surface area contributed by atoms with E-state index in [4.69, 9.17) is 9.72 Å². The van der Waals surface area contributed by atoms with Crippen molar-refractivity contribution >= 4 is 11.9 Å². The summed E-state index contributed by atoms with van der Waals surface area (Å²) in [5.74, 6) is 0.875. The zero-order chi connectivity index (χ0) is 19.9. The van der Waals surface area contributed by atoms with E-state index in [1.165, 1.54) is 0 Å². The van der Waals surface area contributed by atoms with E-state index in [0.29, 0.717) is 6.42 Å². The van der Waals surface area contributed by atoms with E-state index in [1.54, 1.807) is 0 Å². The molecule has 7 heteroatoms. The second-order valence-corrected chi connectivity index (χ2v) is 7.66. The topological polar surface area (TPSA) is 70.6 Å². The molecule has 1 atom stereocenters. The molecule has 1 N–H and O–H groups in total. The fourth-order valence-electron chi connectivity index (χ4n) is 3.92. The first-order valence-electron chi connectivity index (χ1n) is 10.5. The first kappa shape index (κ1) is 19.8. The second-order valence-electron chi connectivity index (χ2n) is 7.66. The van der Waals surface area contributed by atoms with Crippen molar-refractivity contribution in [3.05, 3.63) is 42.6 Å². The van der Waals surface area contributed by atoms with E-state index in [2.05, 4.69) is 32.2 Å². The second kappa shape index (κ2) is 9.80. The lowest BCUT2D eigenvalue weighted by Gasteiger charge is -2.26. The van der Waals surface area contributed by atoms with E-state index >= 15 is 0 Å². The fraction of sp³-hybridized carbons (Fsp3) is 0.500. The molecule has 1 amide bonds. The number of nitrogens with one attached hydrogen (secondary N) is 1. The minimum absolute atomic E-state index is 0.143. The van der Waals surface area contributed by atoms with Crippen LogP contribution in [0.1, 0.15) is 19.3 Å². The van der Waals surface area contributed by atoms with Gasteiger partial charge in [0, 0.05) is 50.4 Å². The molecule has 2 aliphatic rings. The SMILES string of the molecule is O=C(CCCN1CCOCC1)NC1CCN(c2nccc(-c3ccccc3)n2)C1. The molecule has 2 aliphatic heterocycles. The summed E-state index contributed by atoms with van der Waals surface area (Å²) in [7, 11) is 0. The third-order valence-corrected chi connectivity index (χ3v) is 5.53. The number of nitrogens with zero attached hydrogens (tertiary/aromatic N) is 4. The lowest BCUT2D eigenvalue weighted by molar-refractivity contribution is -0.121. The van der Waals surface area contributed by atoms with Crippen molar-refractivity contribution in [2.24, 2.45) is 0 Å². The highest BCUT2D eigenvalue weighted by Gasteiger charge is 2.25. The predicted octanol–water partition coefficient (Wildman–Crippen LogP) is 1.95. The van der Waals surface area contributed by atoms with Crippen LogP contribution >= 0.6 is 0 Å². The minimum Gasteiger partial charge on any atom is -0.379 e. The maximum atomic E-state index is 12.3. The average molecular weight is 396 g/mol. The molecule has 7 nitrogen and oxygen atoms in total. The lowest BCUT2D eigenvalue weighted by Crippen LogP contribution is -2.39. The summed E-state index contributed by atoms with van der Waals surface area (Å²) >= 11 is 0. The van der Waals surface area contributed by atoms with Crippen LogP contribution in [0.4, 0.5) is 5.95 Å². The van der Waals surface area contributed by atoms with Crippen molar-refractivity contribution in [3.8, 4) is 11.3 Å². The van der Waals surface area contributed by atoms with E-state index in [-0.39, 0.29) is 11.9 Å². The Labute approximate surface area is 172 Å². The van der Waals surface area contributed by atoms with Crippen molar-refractivity contribution in [1.29, 1.82) is 0 Å². The van der Waals surface area contributed by atoms with Crippen molar-refractivity contribution in [3.63, 3.8) is 0 Å². The van der Waals surface area contributed by atoms with Crippen LogP contribution in [0.3, 0.4) is 0 Å².